The minimum Gasteiger partial charge on any atom is -0.338 e. The molecule has 0 saturated carbocycles. The number of likely N-dealkylation sites (tertiary alicyclic amines) is 1. The van der Waals surface area contributed by atoms with Crippen molar-refractivity contribution in [1.29, 1.82) is 0 Å². The van der Waals surface area contributed by atoms with Crippen LogP contribution in [0, 0.1) is 5.82 Å². The van der Waals surface area contributed by atoms with E-state index in [4.69, 9.17) is 0 Å². The monoisotopic (exact) mass is 355 g/mol. The summed E-state index contributed by atoms with van der Waals surface area (Å²) in [7, 11) is 0. The van der Waals surface area contributed by atoms with Gasteiger partial charge in [0, 0.05) is 26.1 Å². The van der Waals surface area contributed by atoms with Crippen LogP contribution < -0.4 is 10.6 Å². The third kappa shape index (κ3) is 4.81. The lowest BCUT2D eigenvalue weighted by Gasteiger charge is -2.17. The van der Waals surface area contributed by atoms with E-state index in [1.807, 2.05) is 30.3 Å². The standard InChI is InChI=1S/C20H22FN3O2/c21-18-9-5-4-8-16(18)10-11-22-20(26)23-17-12-19(25)24(14-17)13-15-6-2-1-3-7-15/h1-9,17H,10-14H2,(H2,22,23,26). The minimum atomic E-state index is -0.333. The normalized spacial score (nSPS) is 16.6. The van der Waals surface area contributed by atoms with E-state index in [0.717, 1.165) is 5.56 Å². The Bertz CT molecular complexity index is 767. The van der Waals surface area contributed by atoms with E-state index in [0.29, 0.717) is 38.0 Å². The summed E-state index contributed by atoms with van der Waals surface area (Å²) in [4.78, 5) is 25.9. The number of carbonyl (C=O) groups is 2. The first-order valence-corrected chi connectivity index (χ1v) is 8.71. The molecule has 2 aromatic rings. The van der Waals surface area contributed by atoms with Crippen molar-refractivity contribution in [3.63, 3.8) is 0 Å². The van der Waals surface area contributed by atoms with E-state index >= 15 is 0 Å². The van der Waals surface area contributed by atoms with Crippen molar-refractivity contribution in [3.8, 4) is 0 Å². The lowest BCUT2D eigenvalue weighted by Crippen LogP contribution is -2.43. The molecule has 3 amide bonds. The highest BCUT2D eigenvalue weighted by molar-refractivity contribution is 5.81. The summed E-state index contributed by atoms with van der Waals surface area (Å²) in [6.07, 6.45) is 0.720. The van der Waals surface area contributed by atoms with E-state index < -0.39 is 0 Å². The predicted octanol–water partition coefficient (Wildman–Crippen LogP) is 2.47. The molecule has 6 heteroatoms. The van der Waals surface area contributed by atoms with E-state index in [-0.39, 0.29) is 23.8 Å². The molecule has 136 valence electrons. The van der Waals surface area contributed by atoms with Gasteiger partial charge in [0.15, 0.2) is 0 Å². The second kappa shape index (κ2) is 8.47. The van der Waals surface area contributed by atoms with E-state index in [9.17, 15) is 14.0 Å². The van der Waals surface area contributed by atoms with Gasteiger partial charge < -0.3 is 15.5 Å². The lowest BCUT2D eigenvalue weighted by atomic mass is 10.1. The van der Waals surface area contributed by atoms with Crippen LogP contribution >= 0.6 is 0 Å². The summed E-state index contributed by atoms with van der Waals surface area (Å²) in [5.41, 5.74) is 1.63. The average molecular weight is 355 g/mol. The number of halogens is 1. The Morgan fingerprint density at radius 2 is 1.85 bits per heavy atom. The fourth-order valence-corrected chi connectivity index (χ4v) is 3.07. The highest BCUT2D eigenvalue weighted by Crippen LogP contribution is 2.15. The number of nitrogens with zero attached hydrogens (tertiary/aromatic N) is 1. The maximum absolute atomic E-state index is 13.5. The molecule has 2 aromatic carbocycles. The van der Waals surface area contributed by atoms with Gasteiger partial charge in [-0.1, -0.05) is 48.5 Å². The smallest absolute Gasteiger partial charge is 0.315 e. The zero-order valence-electron chi connectivity index (χ0n) is 14.5. The Balaban J connectivity index is 1.42. The number of benzene rings is 2. The molecule has 3 rings (SSSR count). The van der Waals surface area contributed by atoms with Gasteiger partial charge in [0.05, 0.1) is 6.04 Å². The highest BCUT2D eigenvalue weighted by atomic mass is 19.1. The van der Waals surface area contributed by atoms with Crippen LogP contribution in [0.15, 0.2) is 54.6 Å². The topological polar surface area (TPSA) is 61.4 Å². The molecule has 1 unspecified atom stereocenters. The van der Waals surface area contributed by atoms with Gasteiger partial charge in [0.2, 0.25) is 5.91 Å². The van der Waals surface area contributed by atoms with Gasteiger partial charge in [-0.15, -0.1) is 0 Å². The molecule has 1 aliphatic rings. The van der Waals surface area contributed by atoms with Gasteiger partial charge in [-0.2, -0.15) is 0 Å². The lowest BCUT2D eigenvalue weighted by molar-refractivity contribution is -0.128. The molecule has 26 heavy (non-hydrogen) atoms. The zero-order chi connectivity index (χ0) is 18.4. The van der Waals surface area contributed by atoms with E-state index in [1.165, 1.54) is 6.07 Å². The number of rotatable bonds is 6. The summed E-state index contributed by atoms with van der Waals surface area (Å²) < 4.78 is 13.5. The number of urea groups is 1. The van der Waals surface area contributed by atoms with Crippen molar-refractivity contribution in [2.75, 3.05) is 13.1 Å². The van der Waals surface area contributed by atoms with Crippen LogP contribution in [0.3, 0.4) is 0 Å². The molecule has 1 aliphatic heterocycles. The van der Waals surface area contributed by atoms with Crippen molar-refractivity contribution < 1.29 is 14.0 Å². The van der Waals surface area contributed by atoms with Gasteiger partial charge in [-0.3, -0.25) is 4.79 Å². The third-order valence-electron chi connectivity index (χ3n) is 4.40. The molecule has 1 heterocycles. The Hall–Kier alpha value is -2.89. The molecule has 1 saturated heterocycles. The van der Waals surface area contributed by atoms with Crippen LogP contribution in [0.25, 0.3) is 0 Å². The van der Waals surface area contributed by atoms with Crippen molar-refractivity contribution >= 4 is 11.9 Å². The fourth-order valence-electron chi connectivity index (χ4n) is 3.07. The van der Waals surface area contributed by atoms with Gasteiger partial charge in [-0.25, -0.2) is 9.18 Å². The molecule has 0 aromatic heterocycles. The third-order valence-corrected chi connectivity index (χ3v) is 4.40. The maximum atomic E-state index is 13.5. The fraction of sp³-hybridized carbons (Fsp3) is 0.300. The van der Waals surface area contributed by atoms with Gasteiger partial charge in [0.1, 0.15) is 5.82 Å². The SMILES string of the molecule is O=C(NCCc1ccccc1F)NC1CC(=O)N(Cc2ccccc2)C1. The summed E-state index contributed by atoms with van der Waals surface area (Å²) >= 11 is 0. The van der Waals surface area contributed by atoms with Crippen LogP contribution in [0.1, 0.15) is 17.5 Å². The Labute approximate surface area is 152 Å². The molecule has 1 atom stereocenters. The molecule has 5 nitrogen and oxygen atoms in total. The van der Waals surface area contributed by atoms with Gasteiger partial charge in [-0.05, 0) is 23.6 Å². The second-order valence-corrected chi connectivity index (χ2v) is 6.40. The van der Waals surface area contributed by atoms with Crippen LogP contribution in [0.2, 0.25) is 0 Å². The van der Waals surface area contributed by atoms with Crippen LogP contribution in [-0.4, -0.2) is 36.0 Å². The summed E-state index contributed by atoms with van der Waals surface area (Å²) in [5.74, 6) is -0.238. The molecule has 0 bridgehead atoms. The Kier molecular flexibility index (Phi) is 5.84. The predicted molar refractivity (Wildman–Crippen MR) is 96.9 cm³/mol. The molecule has 0 aliphatic carbocycles. The first kappa shape index (κ1) is 17.9. The molecule has 2 N–H and O–H groups in total. The largest absolute Gasteiger partial charge is 0.338 e. The molecule has 0 radical (unpaired) electrons. The summed E-state index contributed by atoms with van der Waals surface area (Å²) in [6.45, 7) is 1.38. The summed E-state index contributed by atoms with van der Waals surface area (Å²) in [6, 6.07) is 15.7. The quantitative estimate of drug-likeness (QED) is 0.836. The molecular weight excluding hydrogens is 333 g/mol. The van der Waals surface area contributed by atoms with Crippen LogP contribution in [-0.2, 0) is 17.8 Å². The average Bonchev–Trinajstić information content (AvgIpc) is 2.96. The van der Waals surface area contributed by atoms with Gasteiger partial charge in [0.25, 0.3) is 0 Å². The van der Waals surface area contributed by atoms with Crippen molar-refractivity contribution in [3.05, 3.63) is 71.5 Å². The number of amides is 3. The molecular formula is C20H22FN3O2. The number of hydrogen-bond donors (Lipinski definition) is 2. The van der Waals surface area contributed by atoms with Crippen LogP contribution in [0.4, 0.5) is 9.18 Å². The number of hydrogen-bond acceptors (Lipinski definition) is 2. The summed E-state index contributed by atoms with van der Waals surface area (Å²) in [5, 5.41) is 5.54. The Morgan fingerprint density at radius 3 is 2.62 bits per heavy atom. The number of carbonyl (C=O) groups excluding carboxylic acids is 2. The highest BCUT2D eigenvalue weighted by Gasteiger charge is 2.30. The molecule has 1 fully saturated rings. The Morgan fingerprint density at radius 1 is 1.12 bits per heavy atom. The van der Waals surface area contributed by atoms with Crippen LogP contribution in [0.5, 0.6) is 0 Å². The molecule has 0 spiro atoms. The van der Waals surface area contributed by atoms with E-state index in [2.05, 4.69) is 10.6 Å². The van der Waals surface area contributed by atoms with Crippen molar-refractivity contribution in [1.82, 2.24) is 15.5 Å². The number of nitrogens with one attached hydrogen (secondary N) is 2. The second-order valence-electron chi connectivity index (χ2n) is 6.40. The first-order chi connectivity index (χ1) is 12.6. The zero-order valence-corrected chi connectivity index (χ0v) is 14.5. The maximum Gasteiger partial charge on any atom is 0.315 e. The van der Waals surface area contributed by atoms with Gasteiger partial charge >= 0.3 is 6.03 Å². The van der Waals surface area contributed by atoms with Crippen molar-refractivity contribution in [2.24, 2.45) is 0 Å². The van der Waals surface area contributed by atoms with E-state index in [1.54, 1.807) is 23.1 Å². The first-order valence-electron chi connectivity index (χ1n) is 8.71. The van der Waals surface area contributed by atoms with Crippen molar-refractivity contribution in [2.45, 2.75) is 25.4 Å². The minimum absolute atomic E-state index is 0.0329.